The maximum atomic E-state index is 13.8. The number of hydrogen-bond donors (Lipinski definition) is 3. The second-order valence-corrected chi connectivity index (χ2v) is 6.47. The Morgan fingerprint density at radius 1 is 1.16 bits per heavy atom. The van der Waals surface area contributed by atoms with Gasteiger partial charge in [0.15, 0.2) is 0 Å². The van der Waals surface area contributed by atoms with Crippen LogP contribution in [0.15, 0.2) is 64.3 Å². The van der Waals surface area contributed by atoms with Gasteiger partial charge in [0.2, 0.25) is 0 Å². The summed E-state index contributed by atoms with van der Waals surface area (Å²) in [6.45, 7) is 1.64. The fourth-order valence-electron chi connectivity index (χ4n) is 2.65. The van der Waals surface area contributed by atoms with Crippen LogP contribution in [0.4, 0.5) is 14.9 Å². The van der Waals surface area contributed by atoms with Crippen molar-refractivity contribution < 1.29 is 14.0 Å². The van der Waals surface area contributed by atoms with Crippen molar-refractivity contribution in [1.29, 1.82) is 0 Å². The van der Waals surface area contributed by atoms with E-state index in [-0.39, 0.29) is 5.69 Å². The van der Waals surface area contributed by atoms with Crippen molar-refractivity contribution in [3.63, 3.8) is 0 Å². The second kappa shape index (κ2) is 7.06. The first-order chi connectivity index (χ1) is 12.0. The van der Waals surface area contributed by atoms with Crippen molar-refractivity contribution in [3.8, 4) is 0 Å². The highest BCUT2D eigenvalue weighted by Crippen LogP contribution is 2.29. The number of benzene rings is 2. The second-order valence-electron chi connectivity index (χ2n) is 5.56. The molecule has 3 N–H and O–H groups in total. The summed E-state index contributed by atoms with van der Waals surface area (Å²) in [5.74, 6) is -1.01. The number of carbonyl (C=O) groups is 2. The molecule has 1 aliphatic heterocycles. The van der Waals surface area contributed by atoms with Gasteiger partial charge in [-0.2, -0.15) is 0 Å². The summed E-state index contributed by atoms with van der Waals surface area (Å²) in [6.07, 6.45) is 0. The number of rotatable bonds is 3. The van der Waals surface area contributed by atoms with E-state index in [0.717, 1.165) is 10.0 Å². The number of urea groups is 1. The third kappa shape index (κ3) is 3.71. The minimum Gasteiger partial charge on any atom is -0.327 e. The van der Waals surface area contributed by atoms with Gasteiger partial charge in [0.1, 0.15) is 5.82 Å². The van der Waals surface area contributed by atoms with Crippen LogP contribution in [0, 0.1) is 5.82 Å². The van der Waals surface area contributed by atoms with Crippen LogP contribution in [-0.4, -0.2) is 11.9 Å². The third-order valence-corrected chi connectivity index (χ3v) is 4.37. The Morgan fingerprint density at radius 3 is 2.52 bits per heavy atom. The fraction of sp³-hybridized carbons (Fsp3) is 0.111. The van der Waals surface area contributed by atoms with Gasteiger partial charge in [0.05, 0.1) is 17.3 Å². The molecule has 7 heteroatoms. The minimum atomic E-state index is -0.631. The molecular weight excluding hydrogens is 389 g/mol. The van der Waals surface area contributed by atoms with Gasteiger partial charge < -0.3 is 16.0 Å². The van der Waals surface area contributed by atoms with E-state index in [4.69, 9.17) is 0 Å². The zero-order valence-corrected chi connectivity index (χ0v) is 14.9. The van der Waals surface area contributed by atoms with Gasteiger partial charge in [-0.15, -0.1) is 0 Å². The van der Waals surface area contributed by atoms with Crippen LogP contribution in [0.5, 0.6) is 0 Å². The van der Waals surface area contributed by atoms with Crippen molar-refractivity contribution in [2.45, 2.75) is 13.0 Å². The van der Waals surface area contributed by atoms with E-state index in [0.29, 0.717) is 11.3 Å². The predicted molar refractivity (Wildman–Crippen MR) is 96.3 cm³/mol. The number of nitrogens with one attached hydrogen (secondary N) is 3. The highest BCUT2D eigenvalue weighted by atomic mass is 79.9. The topological polar surface area (TPSA) is 70.2 Å². The SMILES string of the molecule is CC1=C(C(=O)Nc2ccccc2F)C(c2ccc(Br)cc2)NC(=O)N1. The smallest absolute Gasteiger partial charge is 0.319 e. The Bertz CT molecular complexity index is 865. The third-order valence-electron chi connectivity index (χ3n) is 3.84. The summed E-state index contributed by atoms with van der Waals surface area (Å²) in [4.78, 5) is 24.6. The molecule has 1 unspecified atom stereocenters. The van der Waals surface area contributed by atoms with E-state index in [1.165, 1.54) is 12.1 Å². The first-order valence-corrected chi connectivity index (χ1v) is 8.34. The molecule has 1 atom stereocenters. The van der Waals surface area contributed by atoms with Crippen molar-refractivity contribution >= 4 is 33.6 Å². The fourth-order valence-corrected chi connectivity index (χ4v) is 2.92. The molecule has 0 fully saturated rings. The Morgan fingerprint density at radius 2 is 1.84 bits per heavy atom. The molecule has 0 spiro atoms. The van der Waals surface area contributed by atoms with Crippen LogP contribution in [0.2, 0.25) is 0 Å². The number of anilines is 1. The first kappa shape index (κ1) is 17.2. The molecule has 25 heavy (non-hydrogen) atoms. The molecule has 0 aliphatic carbocycles. The number of allylic oxidation sites excluding steroid dienone is 1. The highest BCUT2D eigenvalue weighted by Gasteiger charge is 2.31. The van der Waals surface area contributed by atoms with Crippen LogP contribution in [-0.2, 0) is 4.79 Å². The minimum absolute atomic E-state index is 0.0826. The molecule has 128 valence electrons. The molecule has 0 bridgehead atoms. The lowest BCUT2D eigenvalue weighted by molar-refractivity contribution is -0.113. The van der Waals surface area contributed by atoms with Crippen molar-refractivity contribution in [1.82, 2.24) is 10.6 Å². The monoisotopic (exact) mass is 403 g/mol. The summed E-state index contributed by atoms with van der Waals surface area (Å²) in [5, 5.41) is 7.89. The maximum Gasteiger partial charge on any atom is 0.319 e. The summed E-state index contributed by atoms with van der Waals surface area (Å²) >= 11 is 3.36. The maximum absolute atomic E-state index is 13.8. The van der Waals surface area contributed by atoms with Gasteiger partial charge in [0, 0.05) is 10.2 Å². The van der Waals surface area contributed by atoms with E-state index in [2.05, 4.69) is 31.9 Å². The van der Waals surface area contributed by atoms with Gasteiger partial charge in [-0.1, -0.05) is 40.2 Å². The van der Waals surface area contributed by atoms with Crippen LogP contribution in [0.3, 0.4) is 0 Å². The standard InChI is InChI=1S/C18H15BrFN3O2/c1-10-15(17(24)22-14-5-3-2-4-13(14)20)16(23-18(25)21-10)11-6-8-12(19)9-7-11/h2-9,16H,1H3,(H,22,24)(H2,21,23,25). The van der Waals surface area contributed by atoms with Crippen LogP contribution in [0.25, 0.3) is 0 Å². The first-order valence-electron chi connectivity index (χ1n) is 7.55. The van der Waals surface area contributed by atoms with E-state index < -0.39 is 23.8 Å². The van der Waals surface area contributed by atoms with Crippen molar-refractivity contribution in [3.05, 3.63) is 75.7 Å². The number of carbonyl (C=O) groups excluding carboxylic acids is 2. The lowest BCUT2D eigenvalue weighted by atomic mass is 9.95. The number of hydrogen-bond acceptors (Lipinski definition) is 2. The normalized spacial score (nSPS) is 16.9. The van der Waals surface area contributed by atoms with E-state index in [1.807, 2.05) is 24.3 Å². The average molecular weight is 404 g/mol. The Balaban J connectivity index is 1.96. The lowest BCUT2D eigenvalue weighted by Crippen LogP contribution is -2.46. The van der Waals surface area contributed by atoms with E-state index >= 15 is 0 Å². The van der Waals surface area contributed by atoms with E-state index in [9.17, 15) is 14.0 Å². The zero-order chi connectivity index (χ0) is 18.0. The average Bonchev–Trinajstić information content (AvgIpc) is 2.57. The van der Waals surface area contributed by atoms with Crippen LogP contribution in [0.1, 0.15) is 18.5 Å². The summed E-state index contributed by atoms with van der Waals surface area (Å²) < 4.78 is 14.7. The molecule has 0 aromatic heterocycles. The van der Waals surface area contributed by atoms with Crippen LogP contribution < -0.4 is 16.0 Å². The summed E-state index contributed by atoms with van der Waals surface area (Å²) in [5.41, 5.74) is 1.58. The Kier molecular flexibility index (Phi) is 4.85. The quantitative estimate of drug-likeness (QED) is 0.728. The van der Waals surface area contributed by atoms with Crippen molar-refractivity contribution in [2.75, 3.05) is 5.32 Å². The van der Waals surface area contributed by atoms with Crippen molar-refractivity contribution in [2.24, 2.45) is 0 Å². The summed E-state index contributed by atoms with van der Waals surface area (Å²) in [7, 11) is 0. The summed E-state index contributed by atoms with van der Waals surface area (Å²) in [6, 6.07) is 12.2. The molecule has 0 saturated carbocycles. The molecule has 3 amide bonds. The molecule has 5 nitrogen and oxygen atoms in total. The molecule has 2 aromatic carbocycles. The molecule has 0 saturated heterocycles. The van der Waals surface area contributed by atoms with Gasteiger partial charge in [-0.05, 0) is 36.8 Å². The van der Waals surface area contributed by atoms with Gasteiger partial charge in [-0.3, -0.25) is 4.79 Å². The van der Waals surface area contributed by atoms with Crippen LogP contribution >= 0.6 is 15.9 Å². The Labute approximate surface area is 152 Å². The Hall–Kier alpha value is -2.67. The molecule has 3 rings (SSSR count). The largest absolute Gasteiger partial charge is 0.327 e. The molecule has 2 aromatic rings. The van der Waals surface area contributed by atoms with Gasteiger partial charge in [-0.25, -0.2) is 9.18 Å². The lowest BCUT2D eigenvalue weighted by Gasteiger charge is -2.28. The van der Waals surface area contributed by atoms with Gasteiger partial charge in [0.25, 0.3) is 5.91 Å². The molecular formula is C18H15BrFN3O2. The molecule has 1 aliphatic rings. The molecule has 0 radical (unpaired) electrons. The molecule has 1 heterocycles. The van der Waals surface area contributed by atoms with Gasteiger partial charge >= 0.3 is 6.03 Å². The number of amides is 3. The van der Waals surface area contributed by atoms with E-state index in [1.54, 1.807) is 19.1 Å². The number of para-hydroxylation sites is 1. The zero-order valence-electron chi connectivity index (χ0n) is 13.3. The highest BCUT2D eigenvalue weighted by molar-refractivity contribution is 9.10. The predicted octanol–water partition coefficient (Wildman–Crippen LogP) is 3.85. The number of halogens is 2.